The van der Waals surface area contributed by atoms with Crippen LogP contribution in [0.15, 0.2) is 18.2 Å². The molecule has 86 valence electrons. The molecule has 0 amide bonds. The molecule has 2 atom stereocenters. The van der Waals surface area contributed by atoms with Gasteiger partial charge >= 0.3 is 5.97 Å². The summed E-state index contributed by atoms with van der Waals surface area (Å²) in [5, 5.41) is 9.53. The third-order valence-corrected chi connectivity index (χ3v) is 2.85. The zero-order valence-corrected chi connectivity index (χ0v) is 9.27. The van der Waals surface area contributed by atoms with E-state index < -0.39 is 0 Å². The number of carbonyl (C=O) groups excluding carboxylic acids is 1. The van der Waals surface area contributed by atoms with Crippen LogP contribution < -0.4 is 4.74 Å². The molecule has 4 heteroatoms. The Morgan fingerprint density at radius 3 is 2.75 bits per heavy atom. The van der Waals surface area contributed by atoms with E-state index >= 15 is 0 Å². The first-order chi connectivity index (χ1) is 7.60. The molecule has 1 aromatic rings. The largest absolute Gasteiger partial charge is 0.508 e. The molecule has 1 fully saturated rings. The summed E-state index contributed by atoms with van der Waals surface area (Å²) < 4.78 is 10.2. The van der Waals surface area contributed by atoms with Crippen molar-refractivity contribution in [3.8, 4) is 11.5 Å². The van der Waals surface area contributed by atoms with Crippen molar-refractivity contribution >= 4 is 5.97 Å². The molecule has 1 aliphatic heterocycles. The quantitative estimate of drug-likeness (QED) is 0.775. The van der Waals surface area contributed by atoms with Gasteiger partial charge in [0.05, 0.1) is 13.5 Å². The third-order valence-electron chi connectivity index (χ3n) is 2.85. The molecule has 1 heterocycles. The Hall–Kier alpha value is -1.71. The number of carbonyl (C=O) groups is 1. The van der Waals surface area contributed by atoms with E-state index in [1.54, 1.807) is 6.07 Å². The number of hydrogen-bond donors (Lipinski definition) is 1. The number of phenols is 1. The topological polar surface area (TPSA) is 55.8 Å². The van der Waals surface area contributed by atoms with Crippen LogP contribution in [0.3, 0.4) is 0 Å². The second-order valence-electron chi connectivity index (χ2n) is 3.97. The molecular weight excluding hydrogens is 208 g/mol. The Balaban J connectivity index is 2.32. The van der Waals surface area contributed by atoms with Crippen molar-refractivity contribution in [1.29, 1.82) is 0 Å². The fourth-order valence-corrected chi connectivity index (χ4v) is 2.01. The van der Waals surface area contributed by atoms with Gasteiger partial charge in [-0.15, -0.1) is 0 Å². The highest BCUT2D eigenvalue weighted by atomic mass is 16.5. The molecular formula is C12H14O4. The first kappa shape index (κ1) is 10.8. The summed E-state index contributed by atoms with van der Waals surface area (Å²) >= 11 is 0. The zero-order chi connectivity index (χ0) is 11.7. The number of hydrogen-bond acceptors (Lipinski definition) is 4. The summed E-state index contributed by atoms with van der Waals surface area (Å²) in [5.41, 5.74) is 0.871. The summed E-state index contributed by atoms with van der Waals surface area (Å²) in [5.74, 6) is 0.524. The number of esters is 1. The molecule has 1 aliphatic rings. The lowest BCUT2D eigenvalue weighted by Crippen LogP contribution is -2.09. The molecule has 2 rings (SSSR count). The highest BCUT2D eigenvalue weighted by molar-refractivity contribution is 5.73. The molecule has 0 aromatic heterocycles. The Morgan fingerprint density at radius 1 is 1.44 bits per heavy atom. The van der Waals surface area contributed by atoms with Gasteiger partial charge in [0.2, 0.25) is 0 Å². The molecule has 0 spiro atoms. The fraction of sp³-hybridized carbons (Fsp3) is 0.417. The van der Waals surface area contributed by atoms with Crippen molar-refractivity contribution < 1.29 is 19.4 Å². The molecule has 1 aromatic carbocycles. The normalized spacial score (nSPS) is 24.2. The Kier molecular flexibility index (Phi) is 2.73. The number of ether oxygens (including phenoxy) is 2. The van der Waals surface area contributed by atoms with Gasteiger partial charge in [0.25, 0.3) is 0 Å². The smallest absolute Gasteiger partial charge is 0.306 e. The van der Waals surface area contributed by atoms with Crippen LogP contribution in [0, 0.1) is 0 Å². The lowest BCUT2D eigenvalue weighted by molar-refractivity contribution is -0.140. The molecule has 0 unspecified atom stereocenters. The minimum absolute atomic E-state index is 0.00602. The SMILES string of the molecule is COc1cc(O)cc([C@@H]2CC(=O)O[C@H]2C)c1. The lowest BCUT2D eigenvalue weighted by atomic mass is 9.93. The predicted octanol–water partition coefficient (Wildman–Crippen LogP) is 1.82. The van der Waals surface area contributed by atoms with Crippen LogP contribution in [0.4, 0.5) is 0 Å². The van der Waals surface area contributed by atoms with E-state index in [1.165, 1.54) is 13.2 Å². The van der Waals surface area contributed by atoms with E-state index in [1.807, 2.05) is 13.0 Å². The monoisotopic (exact) mass is 222 g/mol. The van der Waals surface area contributed by atoms with E-state index in [9.17, 15) is 9.90 Å². The molecule has 0 radical (unpaired) electrons. The Bertz CT molecular complexity index is 413. The van der Waals surface area contributed by atoms with Gasteiger partial charge in [0, 0.05) is 12.0 Å². The van der Waals surface area contributed by atoms with Crippen molar-refractivity contribution in [2.75, 3.05) is 7.11 Å². The van der Waals surface area contributed by atoms with Gasteiger partial charge in [-0.2, -0.15) is 0 Å². The minimum atomic E-state index is -0.195. The average molecular weight is 222 g/mol. The first-order valence-corrected chi connectivity index (χ1v) is 5.17. The molecule has 1 N–H and O–H groups in total. The van der Waals surface area contributed by atoms with Gasteiger partial charge in [-0.05, 0) is 24.6 Å². The zero-order valence-electron chi connectivity index (χ0n) is 9.27. The van der Waals surface area contributed by atoms with E-state index in [-0.39, 0.29) is 23.7 Å². The maximum absolute atomic E-state index is 11.2. The van der Waals surface area contributed by atoms with Crippen molar-refractivity contribution in [2.24, 2.45) is 0 Å². The number of phenolic OH excluding ortho intramolecular Hbond substituents is 1. The van der Waals surface area contributed by atoms with Gasteiger partial charge in [-0.1, -0.05) is 0 Å². The number of rotatable bonds is 2. The van der Waals surface area contributed by atoms with E-state index in [2.05, 4.69) is 0 Å². The van der Waals surface area contributed by atoms with Crippen molar-refractivity contribution in [1.82, 2.24) is 0 Å². The number of aromatic hydroxyl groups is 1. The van der Waals surface area contributed by atoms with E-state index in [0.29, 0.717) is 12.2 Å². The number of methoxy groups -OCH3 is 1. The van der Waals surface area contributed by atoms with Crippen molar-refractivity contribution in [3.63, 3.8) is 0 Å². The Labute approximate surface area is 93.8 Å². The average Bonchev–Trinajstić information content (AvgIpc) is 2.57. The summed E-state index contributed by atoms with van der Waals surface area (Å²) in [7, 11) is 1.54. The molecule has 1 saturated heterocycles. The molecule has 0 aliphatic carbocycles. The Morgan fingerprint density at radius 2 is 2.19 bits per heavy atom. The number of cyclic esters (lactones) is 1. The maximum Gasteiger partial charge on any atom is 0.306 e. The number of benzene rings is 1. The second-order valence-corrected chi connectivity index (χ2v) is 3.97. The predicted molar refractivity (Wildman–Crippen MR) is 57.6 cm³/mol. The second kappa shape index (κ2) is 4.04. The summed E-state index contributed by atoms with van der Waals surface area (Å²) in [6, 6.07) is 5.00. The van der Waals surface area contributed by atoms with Crippen LogP contribution in [-0.4, -0.2) is 24.3 Å². The van der Waals surface area contributed by atoms with Crippen LogP contribution in [0.25, 0.3) is 0 Å². The van der Waals surface area contributed by atoms with Gasteiger partial charge in [-0.3, -0.25) is 4.79 Å². The van der Waals surface area contributed by atoms with E-state index in [0.717, 1.165) is 5.56 Å². The highest BCUT2D eigenvalue weighted by Crippen LogP contribution is 2.35. The maximum atomic E-state index is 11.2. The summed E-state index contributed by atoms with van der Waals surface area (Å²) in [4.78, 5) is 11.2. The van der Waals surface area contributed by atoms with E-state index in [4.69, 9.17) is 9.47 Å². The van der Waals surface area contributed by atoms with Gasteiger partial charge in [0.15, 0.2) is 0 Å². The van der Waals surface area contributed by atoms with Gasteiger partial charge in [-0.25, -0.2) is 0 Å². The molecule has 0 bridgehead atoms. The van der Waals surface area contributed by atoms with Crippen LogP contribution in [0.2, 0.25) is 0 Å². The molecule has 16 heavy (non-hydrogen) atoms. The van der Waals surface area contributed by atoms with Crippen LogP contribution in [0.1, 0.15) is 24.8 Å². The fourth-order valence-electron chi connectivity index (χ4n) is 2.01. The third kappa shape index (κ3) is 1.96. The van der Waals surface area contributed by atoms with Gasteiger partial charge < -0.3 is 14.6 Å². The lowest BCUT2D eigenvalue weighted by Gasteiger charge is -2.14. The highest BCUT2D eigenvalue weighted by Gasteiger charge is 2.33. The van der Waals surface area contributed by atoms with Crippen LogP contribution in [-0.2, 0) is 9.53 Å². The van der Waals surface area contributed by atoms with Crippen LogP contribution in [0.5, 0.6) is 11.5 Å². The first-order valence-electron chi connectivity index (χ1n) is 5.17. The standard InChI is InChI=1S/C12H14O4/c1-7-11(6-12(14)16-7)8-3-9(13)5-10(4-8)15-2/h3-5,7,11,13H,6H2,1-2H3/t7-,11+/m0/s1. The molecule has 4 nitrogen and oxygen atoms in total. The summed E-state index contributed by atoms with van der Waals surface area (Å²) in [6.45, 7) is 1.85. The van der Waals surface area contributed by atoms with Crippen molar-refractivity contribution in [2.45, 2.75) is 25.4 Å². The minimum Gasteiger partial charge on any atom is -0.508 e. The van der Waals surface area contributed by atoms with Gasteiger partial charge in [0.1, 0.15) is 17.6 Å². The van der Waals surface area contributed by atoms with Crippen molar-refractivity contribution in [3.05, 3.63) is 23.8 Å². The van der Waals surface area contributed by atoms with Crippen LogP contribution >= 0.6 is 0 Å². The summed E-state index contributed by atoms with van der Waals surface area (Å²) in [6.07, 6.45) is 0.201. The molecule has 0 saturated carbocycles.